The fourth-order valence-corrected chi connectivity index (χ4v) is 3.16. The lowest BCUT2D eigenvalue weighted by Gasteiger charge is -1.99. The van der Waals surface area contributed by atoms with Crippen LogP contribution in [0.3, 0.4) is 0 Å². The first-order valence-electron chi connectivity index (χ1n) is 7.56. The number of rotatable bonds is 5. The molecule has 0 radical (unpaired) electrons. The minimum absolute atomic E-state index is 0.130. The van der Waals surface area contributed by atoms with E-state index >= 15 is 0 Å². The van der Waals surface area contributed by atoms with Gasteiger partial charge < -0.3 is 13.9 Å². The van der Waals surface area contributed by atoms with Gasteiger partial charge in [-0.15, -0.1) is 0 Å². The maximum Gasteiger partial charge on any atom is 0.350 e. The Hall–Kier alpha value is -2.87. The highest BCUT2D eigenvalue weighted by atomic mass is 32.1. The number of para-hydroxylation sites is 1. The molecule has 0 atom stereocenters. The van der Waals surface area contributed by atoms with Crippen molar-refractivity contribution in [3.63, 3.8) is 0 Å². The van der Waals surface area contributed by atoms with Crippen molar-refractivity contribution < 1.29 is 23.5 Å². The molecular weight excluding hydrogens is 344 g/mol. The zero-order valence-electron chi connectivity index (χ0n) is 13.9. The number of esters is 1. The Morgan fingerprint density at radius 3 is 2.88 bits per heavy atom. The molecule has 0 fully saturated rings. The van der Waals surface area contributed by atoms with Crippen LogP contribution in [0.2, 0.25) is 0 Å². The van der Waals surface area contributed by atoms with E-state index in [1.807, 2.05) is 12.1 Å². The molecule has 0 aliphatic carbocycles. The minimum Gasteiger partial charge on any atom is -0.493 e. The Morgan fingerprint density at radius 2 is 2.16 bits per heavy atom. The maximum atomic E-state index is 12.4. The Labute approximate surface area is 147 Å². The van der Waals surface area contributed by atoms with Gasteiger partial charge >= 0.3 is 5.97 Å². The summed E-state index contributed by atoms with van der Waals surface area (Å²) in [5.74, 6) is -0.231. The standard InChI is InChI=1S/C17H16N2O5S/c1-4-23-16(21)14-9(2)18-17(25-14)19-15(20)12-8-10-6-5-7-11(22-3)13(10)24-12/h5-8H,4H2,1-3H3,(H,18,19,20). The van der Waals surface area contributed by atoms with E-state index in [4.69, 9.17) is 13.9 Å². The minimum atomic E-state index is -0.456. The lowest BCUT2D eigenvalue weighted by atomic mass is 10.2. The highest BCUT2D eigenvalue weighted by Crippen LogP contribution is 2.29. The largest absolute Gasteiger partial charge is 0.493 e. The van der Waals surface area contributed by atoms with Gasteiger partial charge in [0.05, 0.1) is 19.4 Å². The van der Waals surface area contributed by atoms with Gasteiger partial charge in [-0.05, 0) is 26.0 Å². The van der Waals surface area contributed by atoms with E-state index < -0.39 is 11.9 Å². The first-order chi connectivity index (χ1) is 12.0. The zero-order chi connectivity index (χ0) is 18.0. The number of amides is 1. The average Bonchev–Trinajstić information content (AvgIpc) is 3.18. The number of methoxy groups -OCH3 is 1. The van der Waals surface area contributed by atoms with Crippen LogP contribution in [0.4, 0.5) is 5.13 Å². The fourth-order valence-electron chi connectivity index (χ4n) is 2.30. The molecule has 7 nitrogen and oxygen atoms in total. The number of anilines is 1. The molecular formula is C17H16N2O5S. The number of hydrogen-bond acceptors (Lipinski definition) is 7. The number of carbonyl (C=O) groups is 2. The van der Waals surface area contributed by atoms with Crippen molar-refractivity contribution in [1.82, 2.24) is 4.98 Å². The Balaban J connectivity index is 1.83. The van der Waals surface area contributed by atoms with Crippen molar-refractivity contribution in [3.05, 3.63) is 40.6 Å². The topological polar surface area (TPSA) is 90.7 Å². The van der Waals surface area contributed by atoms with Gasteiger partial charge in [0.1, 0.15) is 4.88 Å². The van der Waals surface area contributed by atoms with E-state index in [1.165, 1.54) is 7.11 Å². The number of hydrogen-bond donors (Lipinski definition) is 1. The Bertz CT molecular complexity index is 944. The molecule has 1 aromatic carbocycles. The monoisotopic (exact) mass is 360 g/mol. The molecule has 0 unspecified atom stereocenters. The number of furan rings is 1. The number of nitrogens with one attached hydrogen (secondary N) is 1. The SMILES string of the molecule is CCOC(=O)c1sc(NC(=O)c2cc3cccc(OC)c3o2)nc1C. The van der Waals surface area contributed by atoms with Crippen molar-refractivity contribution in [1.29, 1.82) is 0 Å². The predicted molar refractivity (Wildman–Crippen MR) is 93.5 cm³/mol. The summed E-state index contributed by atoms with van der Waals surface area (Å²) in [5, 5.41) is 3.70. The quantitative estimate of drug-likeness (QED) is 0.699. The van der Waals surface area contributed by atoms with Crippen LogP contribution in [0.25, 0.3) is 11.0 Å². The summed E-state index contributed by atoms with van der Waals surface area (Å²) < 4.78 is 15.8. The van der Waals surface area contributed by atoms with Crippen LogP contribution >= 0.6 is 11.3 Å². The average molecular weight is 360 g/mol. The van der Waals surface area contributed by atoms with E-state index in [9.17, 15) is 9.59 Å². The molecule has 130 valence electrons. The molecule has 0 saturated heterocycles. The Morgan fingerprint density at radius 1 is 1.36 bits per heavy atom. The van der Waals surface area contributed by atoms with Gasteiger partial charge in [0.25, 0.3) is 5.91 Å². The molecule has 1 N–H and O–H groups in total. The number of carbonyl (C=O) groups excluding carboxylic acids is 2. The second-order valence-electron chi connectivity index (χ2n) is 5.10. The van der Waals surface area contributed by atoms with Crippen molar-refractivity contribution >= 4 is 39.3 Å². The van der Waals surface area contributed by atoms with Crippen LogP contribution in [-0.2, 0) is 4.74 Å². The summed E-state index contributed by atoms with van der Waals surface area (Å²) in [6.45, 7) is 3.69. The predicted octanol–water partition coefficient (Wildman–Crippen LogP) is 3.64. The summed E-state index contributed by atoms with van der Waals surface area (Å²) in [4.78, 5) is 28.8. The van der Waals surface area contributed by atoms with Crippen LogP contribution in [0.5, 0.6) is 5.75 Å². The summed E-state index contributed by atoms with van der Waals surface area (Å²) >= 11 is 1.06. The smallest absolute Gasteiger partial charge is 0.350 e. The molecule has 2 aromatic heterocycles. The van der Waals surface area contributed by atoms with E-state index in [2.05, 4.69) is 10.3 Å². The van der Waals surface area contributed by atoms with E-state index in [0.29, 0.717) is 27.0 Å². The van der Waals surface area contributed by atoms with Gasteiger partial charge in [-0.1, -0.05) is 23.5 Å². The number of aryl methyl sites for hydroxylation is 1. The van der Waals surface area contributed by atoms with Crippen LogP contribution in [-0.4, -0.2) is 30.6 Å². The molecule has 0 aliphatic rings. The van der Waals surface area contributed by atoms with Crippen LogP contribution in [0.1, 0.15) is 32.8 Å². The lowest BCUT2D eigenvalue weighted by molar-refractivity contribution is 0.0531. The van der Waals surface area contributed by atoms with Crippen molar-refractivity contribution in [2.45, 2.75) is 13.8 Å². The van der Waals surface area contributed by atoms with Gasteiger partial charge in [0.2, 0.25) is 0 Å². The Kier molecular flexibility index (Phi) is 4.71. The normalized spacial score (nSPS) is 10.7. The van der Waals surface area contributed by atoms with Crippen LogP contribution < -0.4 is 10.1 Å². The second kappa shape index (κ2) is 6.94. The van der Waals surface area contributed by atoms with Crippen molar-refractivity contribution in [2.75, 3.05) is 19.0 Å². The fraction of sp³-hybridized carbons (Fsp3) is 0.235. The third kappa shape index (κ3) is 3.34. The summed E-state index contributed by atoms with van der Waals surface area (Å²) in [6.07, 6.45) is 0. The number of ether oxygens (including phenoxy) is 2. The molecule has 0 spiro atoms. The number of aromatic nitrogens is 1. The van der Waals surface area contributed by atoms with E-state index in [-0.39, 0.29) is 12.4 Å². The summed E-state index contributed by atoms with van der Waals surface area (Å²) in [7, 11) is 1.53. The van der Waals surface area contributed by atoms with Crippen molar-refractivity contribution in [3.8, 4) is 5.75 Å². The molecule has 3 aromatic rings. The molecule has 0 bridgehead atoms. The molecule has 1 amide bonds. The zero-order valence-corrected chi connectivity index (χ0v) is 14.7. The van der Waals surface area contributed by atoms with E-state index in [0.717, 1.165) is 16.7 Å². The number of benzene rings is 1. The summed E-state index contributed by atoms with van der Waals surface area (Å²) in [5.41, 5.74) is 1.00. The molecule has 8 heteroatoms. The molecule has 0 saturated carbocycles. The molecule has 0 aliphatic heterocycles. The van der Waals surface area contributed by atoms with Crippen LogP contribution in [0, 0.1) is 6.92 Å². The first kappa shape index (κ1) is 17.0. The third-order valence-electron chi connectivity index (χ3n) is 3.43. The van der Waals surface area contributed by atoms with Gasteiger partial charge in [-0.2, -0.15) is 0 Å². The van der Waals surface area contributed by atoms with Gasteiger partial charge in [0, 0.05) is 5.39 Å². The molecule has 2 heterocycles. The van der Waals surface area contributed by atoms with E-state index in [1.54, 1.807) is 26.0 Å². The number of thiazole rings is 1. The van der Waals surface area contributed by atoms with Gasteiger partial charge in [-0.25, -0.2) is 9.78 Å². The van der Waals surface area contributed by atoms with Gasteiger partial charge in [0.15, 0.2) is 22.2 Å². The number of fused-ring (bicyclic) bond motifs is 1. The third-order valence-corrected chi connectivity index (χ3v) is 4.48. The van der Waals surface area contributed by atoms with Crippen LogP contribution in [0.15, 0.2) is 28.7 Å². The second-order valence-corrected chi connectivity index (χ2v) is 6.10. The number of nitrogens with zero attached hydrogens (tertiary/aromatic N) is 1. The highest BCUT2D eigenvalue weighted by Gasteiger charge is 2.20. The first-order valence-corrected chi connectivity index (χ1v) is 8.37. The van der Waals surface area contributed by atoms with Crippen molar-refractivity contribution in [2.24, 2.45) is 0 Å². The maximum absolute atomic E-state index is 12.4. The molecule has 3 rings (SSSR count). The highest BCUT2D eigenvalue weighted by molar-refractivity contribution is 7.17. The lowest BCUT2D eigenvalue weighted by Crippen LogP contribution is -2.10. The van der Waals surface area contributed by atoms with Gasteiger partial charge in [-0.3, -0.25) is 10.1 Å². The summed E-state index contributed by atoms with van der Waals surface area (Å²) in [6, 6.07) is 7.02. The molecule has 25 heavy (non-hydrogen) atoms.